The predicted octanol–water partition coefficient (Wildman–Crippen LogP) is 3.91. The van der Waals surface area contributed by atoms with Crippen LogP contribution in [-0.2, 0) is 21.1 Å². The summed E-state index contributed by atoms with van der Waals surface area (Å²) in [4.78, 5) is 33.1. The second-order valence-electron chi connectivity index (χ2n) is 5.01. The van der Waals surface area contributed by atoms with Gasteiger partial charge in [-0.2, -0.15) is 0 Å². The number of hydrogen-bond donors (Lipinski definition) is 0. The van der Waals surface area contributed by atoms with Gasteiger partial charge in [-0.15, -0.1) is 0 Å². The molecule has 0 N–H and O–H groups in total. The van der Waals surface area contributed by atoms with Gasteiger partial charge < -0.3 is 14.2 Å². The second-order valence-corrected chi connectivity index (χ2v) is 5.01. The minimum Gasteiger partial charge on any atom is -0.462 e. The van der Waals surface area contributed by atoms with Crippen molar-refractivity contribution in [2.24, 2.45) is 0 Å². The quantitative estimate of drug-likeness (QED) is 0.232. The zero-order valence-corrected chi connectivity index (χ0v) is 14.6. The molecule has 138 valence electrons. The summed E-state index contributed by atoms with van der Waals surface area (Å²) in [6, 6.07) is 12.7. The minimum atomic E-state index is -0.882. The Kier molecular flexibility index (Phi) is 7.60. The van der Waals surface area contributed by atoms with E-state index in [1.54, 1.807) is 31.2 Å². The van der Waals surface area contributed by atoms with Gasteiger partial charge in [-0.1, -0.05) is 12.1 Å². The number of carbonyl (C=O) groups excluding carboxylic acids is 2. The van der Waals surface area contributed by atoms with Crippen molar-refractivity contribution in [3.8, 4) is 11.5 Å². The third-order valence-electron chi connectivity index (χ3n) is 3.12. The monoisotopic (exact) mass is 360 g/mol. The van der Waals surface area contributed by atoms with E-state index in [0.29, 0.717) is 31.1 Å². The Labute approximate surface area is 151 Å². The summed E-state index contributed by atoms with van der Waals surface area (Å²) in [5.41, 5.74) is 1.24. The fourth-order valence-corrected chi connectivity index (χ4v) is 1.93. The molecule has 26 heavy (non-hydrogen) atoms. The molecule has 0 spiro atoms. The molecule has 7 nitrogen and oxygen atoms in total. The van der Waals surface area contributed by atoms with Crippen LogP contribution in [0.25, 0.3) is 0 Å². The van der Waals surface area contributed by atoms with Crippen molar-refractivity contribution in [3.05, 3.63) is 59.7 Å². The van der Waals surface area contributed by atoms with Gasteiger partial charge in [-0.25, -0.2) is 19.4 Å². The lowest BCUT2D eigenvalue weighted by molar-refractivity contribution is -0.300. The van der Waals surface area contributed by atoms with Crippen LogP contribution in [0.3, 0.4) is 0 Å². The van der Waals surface area contributed by atoms with E-state index in [2.05, 4.69) is 0 Å². The van der Waals surface area contributed by atoms with E-state index in [-0.39, 0.29) is 5.75 Å². The van der Waals surface area contributed by atoms with Crippen LogP contribution < -0.4 is 9.47 Å². The molecule has 0 radical (unpaired) electrons. The number of carbonyl (C=O) groups is 2. The zero-order chi connectivity index (χ0) is 18.8. The van der Waals surface area contributed by atoms with Crippen LogP contribution in [0.15, 0.2) is 48.5 Å². The number of hydrogen-bond acceptors (Lipinski definition) is 7. The predicted molar refractivity (Wildman–Crippen MR) is 91.9 cm³/mol. The van der Waals surface area contributed by atoms with Crippen molar-refractivity contribution in [1.29, 1.82) is 0 Å². The molecule has 0 amide bonds. The van der Waals surface area contributed by atoms with Crippen LogP contribution in [-0.4, -0.2) is 25.3 Å². The average Bonchev–Trinajstić information content (AvgIpc) is 2.64. The smallest absolute Gasteiger partial charge is 0.462 e. The highest BCUT2D eigenvalue weighted by atomic mass is 17.2. The van der Waals surface area contributed by atoms with E-state index < -0.39 is 12.1 Å². The molecule has 0 heterocycles. The lowest BCUT2D eigenvalue weighted by atomic mass is 10.2. The number of benzene rings is 2. The molecule has 7 heteroatoms. The maximum atomic E-state index is 11.8. The van der Waals surface area contributed by atoms with Gasteiger partial charge in [-0.05, 0) is 55.8 Å². The van der Waals surface area contributed by atoms with Crippen LogP contribution in [0.5, 0.6) is 11.5 Å². The van der Waals surface area contributed by atoms with Gasteiger partial charge in [0.05, 0.1) is 18.8 Å². The van der Waals surface area contributed by atoms with Gasteiger partial charge in [-0.3, -0.25) is 0 Å². The summed E-state index contributed by atoms with van der Waals surface area (Å²) in [5.74, 6) is 0.151. The Morgan fingerprint density at radius 2 is 1.35 bits per heavy atom. The van der Waals surface area contributed by atoms with Crippen molar-refractivity contribution < 1.29 is 33.6 Å². The van der Waals surface area contributed by atoms with E-state index in [4.69, 9.17) is 24.0 Å². The van der Waals surface area contributed by atoms with Crippen LogP contribution in [0.4, 0.5) is 4.79 Å². The first-order chi connectivity index (χ1) is 12.6. The number of ether oxygens (including phenoxy) is 3. The molecule has 0 aliphatic carbocycles. The van der Waals surface area contributed by atoms with Crippen LogP contribution in [0.2, 0.25) is 0 Å². The van der Waals surface area contributed by atoms with Gasteiger partial charge in [0, 0.05) is 0 Å². The maximum Gasteiger partial charge on any atom is 0.519 e. The molecule has 0 saturated carbocycles. The molecule has 0 bridgehead atoms. The van der Waals surface area contributed by atoms with Crippen molar-refractivity contribution >= 4 is 12.1 Å². The van der Waals surface area contributed by atoms with Gasteiger partial charge in [0.2, 0.25) is 0 Å². The minimum absolute atomic E-state index is 0.254. The summed E-state index contributed by atoms with van der Waals surface area (Å²) in [5, 5.41) is 0. The van der Waals surface area contributed by atoms with Crippen molar-refractivity contribution in [2.75, 3.05) is 13.2 Å². The van der Waals surface area contributed by atoms with Gasteiger partial charge in [0.25, 0.3) is 0 Å². The first kappa shape index (κ1) is 19.4. The molecular formula is C19H20O7. The summed E-state index contributed by atoms with van der Waals surface area (Å²) < 4.78 is 15.0. The molecule has 2 rings (SSSR count). The number of rotatable bonds is 8. The highest BCUT2D eigenvalue weighted by molar-refractivity contribution is 5.89. The van der Waals surface area contributed by atoms with Crippen LogP contribution >= 0.6 is 0 Å². The van der Waals surface area contributed by atoms with Crippen molar-refractivity contribution in [3.63, 3.8) is 0 Å². The normalized spacial score (nSPS) is 10.2. The molecule has 2 aromatic carbocycles. The second kappa shape index (κ2) is 10.2. The Bertz CT molecular complexity index is 708. The van der Waals surface area contributed by atoms with E-state index in [0.717, 1.165) is 5.56 Å². The lowest BCUT2D eigenvalue weighted by Gasteiger charge is -2.07. The zero-order valence-electron chi connectivity index (χ0n) is 14.6. The third-order valence-corrected chi connectivity index (χ3v) is 3.12. The van der Waals surface area contributed by atoms with E-state index in [1.165, 1.54) is 24.3 Å². The Morgan fingerprint density at radius 1 is 0.769 bits per heavy atom. The Morgan fingerprint density at radius 3 is 1.88 bits per heavy atom. The van der Waals surface area contributed by atoms with Crippen LogP contribution in [0.1, 0.15) is 29.8 Å². The topological polar surface area (TPSA) is 80.3 Å². The third kappa shape index (κ3) is 6.19. The SMILES string of the molecule is CCOOCc1ccc(OC(=O)Oc2ccc(C(=O)OCC)cc2)cc1. The molecule has 2 aromatic rings. The largest absolute Gasteiger partial charge is 0.519 e. The van der Waals surface area contributed by atoms with Crippen molar-refractivity contribution in [1.82, 2.24) is 0 Å². The molecule has 0 unspecified atom stereocenters. The van der Waals surface area contributed by atoms with Crippen molar-refractivity contribution in [2.45, 2.75) is 20.5 Å². The van der Waals surface area contributed by atoms with E-state index in [1.807, 2.05) is 6.92 Å². The van der Waals surface area contributed by atoms with Gasteiger partial charge in [0.15, 0.2) is 0 Å². The summed E-state index contributed by atoms with van der Waals surface area (Å²) in [6.45, 7) is 4.61. The van der Waals surface area contributed by atoms with Gasteiger partial charge in [0.1, 0.15) is 18.1 Å². The molecule has 0 atom stereocenters. The molecule has 0 fully saturated rings. The van der Waals surface area contributed by atoms with E-state index in [9.17, 15) is 9.59 Å². The summed E-state index contributed by atoms with van der Waals surface area (Å²) in [7, 11) is 0. The van der Waals surface area contributed by atoms with Crippen LogP contribution in [0, 0.1) is 0 Å². The molecule has 0 saturated heterocycles. The molecular weight excluding hydrogens is 340 g/mol. The highest BCUT2D eigenvalue weighted by Crippen LogP contribution is 2.17. The Balaban J connectivity index is 1.85. The molecule has 0 aliphatic heterocycles. The first-order valence-corrected chi connectivity index (χ1v) is 8.12. The highest BCUT2D eigenvalue weighted by Gasteiger charge is 2.10. The fourth-order valence-electron chi connectivity index (χ4n) is 1.93. The molecule has 0 aromatic heterocycles. The number of esters is 1. The summed E-state index contributed by atoms with van der Waals surface area (Å²) in [6.07, 6.45) is -0.882. The Hall–Kier alpha value is -2.90. The lowest BCUT2D eigenvalue weighted by Crippen LogP contribution is -2.14. The maximum absolute atomic E-state index is 11.8. The molecule has 0 aliphatic rings. The van der Waals surface area contributed by atoms with E-state index >= 15 is 0 Å². The van der Waals surface area contributed by atoms with Gasteiger partial charge >= 0.3 is 12.1 Å². The fraction of sp³-hybridized carbons (Fsp3) is 0.263. The standard InChI is InChI=1S/C19H20O7/c1-3-22-18(20)15-7-11-17(12-8-15)26-19(21)25-16-9-5-14(6-10-16)13-24-23-4-2/h5-12H,3-4,13H2,1-2H3. The average molecular weight is 360 g/mol. The first-order valence-electron chi connectivity index (χ1n) is 8.12. The summed E-state index contributed by atoms with van der Waals surface area (Å²) >= 11 is 0.